The highest BCUT2D eigenvalue weighted by molar-refractivity contribution is 6.01. The van der Waals surface area contributed by atoms with Gasteiger partial charge in [-0.1, -0.05) is 24.3 Å². The van der Waals surface area contributed by atoms with Crippen LogP contribution in [0.3, 0.4) is 0 Å². The van der Waals surface area contributed by atoms with Crippen LogP contribution in [0.1, 0.15) is 5.56 Å². The Morgan fingerprint density at radius 1 is 1.16 bits per heavy atom. The lowest BCUT2D eigenvalue weighted by Crippen LogP contribution is -2.38. The second-order valence-corrected chi connectivity index (χ2v) is 5.67. The fourth-order valence-electron chi connectivity index (χ4n) is 2.64. The van der Waals surface area contributed by atoms with E-state index in [2.05, 4.69) is 10.3 Å². The number of pyridine rings is 1. The first-order valence-electron chi connectivity index (χ1n) is 8.00. The summed E-state index contributed by atoms with van der Waals surface area (Å²) in [4.78, 5) is 18.4. The topological polar surface area (TPSA) is 71.2 Å². The van der Waals surface area contributed by atoms with Gasteiger partial charge in [0.05, 0.1) is 5.69 Å². The van der Waals surface area contributed by atoms with Gasteiger partial charge < -0.3 is 16.0 Å². The fraction of sp³-hybridized carbons (Fsp3) is 0.158. The van der Waals surface area contributed by atoms with E-state index in [4.69, 9.17) is 5.73 Å². The fourth-order valence-corrected chi connectivity index (χ4v) is 2.64. The molecule has 0 unspecified atom stereocenters. The summed E-state index contributed by atoms with van der Waals surface area (Å²) in [5.41, 5.74) is 7.19. The molecule has 0 saturated heterocycles. The van der Waals surface area contributed by atoms with E-state index in [0.717, 1.165) is 16.3 Å². The van der Waals surface area contributed by atoms with Gasteiger partial charge in [-0.15, -0.1) is 0 Å². The van der Waals surface area contributed by atoms with Gasteiger partial charge in [-0.05, 0) is 29.8 Å². The summed E-state index contributed by atoms with van der Waals surface area (Å²) in [6.07, 6.45) is 3.44. The zero-order valence-electron chi connectivity index (χ0n) is 13.7. The summed E-state index contributed by atoms with van der Waals surface area (Å²) < 4.78 is 13.0. The number of carbonyl (C=O) groups excluding carboxylic acids is 1. The van der Waals surface area contributed by atoms with E-state index in [0.29, 0.717) is 25.3 Å². The largest absolute Gasteiger partial charge is 0.329 e. The first-order chi connectivity index (χ1) is 12.2. The van der Waals surface area contributed by atoms with Crippen molar-refractivity contribution >= 4 is 22.5 Å². The van der Waals surface area contributed by atoms with Gasteiger partial charge in [0.15, 0.2) is 0 Å². The molecule has 0 radical (unpaired) electrons. The Bertz CT molecular complexity index is 861. The van der Waals surface area contributed by atoms with Gasteiger partial charge in [-0.25, -0.2) is 9.18 Å². The minimum atomic E-state index is -0.303. The van der Waals surface area contributed by atoms with E-state index in [1.54, 1.807) is 29.4 Å². The smallest absolute Gasteiger partial charge is 0.322 e. The molecule has 0 aliphatic heterocycles. The second-order valence-electron chi connectivity index (χ2n) is 5.67. The predicted octanol–water partition coefficient (Wildman–Crippen LogP) is 3.37. The van der Waals surface area contributed by atoms with Crippen LogP contribution in [0.4, 0.5) is 14.9 Å². The first-order valence-corrected chi connectivity index (χ1v) is 8.00. The molecule has 1 aromatic heterocycles. The van der Waals surface area contributed by atoms with Crippen LogP contribution in [0.15, 0.2) is 60.9 Å². The van der Waals surface area contributed by atoms with Crippen molar-refractivity contribution < 1.29 is 9.18 Å². The van der Waals surface area contributed by atoms with E-state index in [-0.39, 0.29) is 11.8 Å². The van der Waals surface area contributed by atoms with Gasteiger partial charge in [0.2, 0.25) is 0 Å². The predicted molar refractivity (Wildman–Crippen MR) is 96.6 cm³/mol. The zero-order chi connectivity index (χ0) is 17.6. The molecule has 0 aliphatic rings. The van der Waals surface area contributed by atoms with Crippen LogP contribution in [0.5, 0.6) is 0 Å². The molecule has 0 atom stereocenters. The lowest BCUT2D eigenvalue weighted by molar-refractivity contribution is 0.210. The number of rotatable bonds is 5. The van der Waals surface area contributed by atoms with Crippen LogP contribution in [0.25, 0.3) is 10.8 Å². The van der Waals surface area contributed by atoms with E-state index < -0.39 is 0 Å². The van der Waals surface area contributed by atoms with Gasteiger partial charge >= 0.3 is 6.03 Å². The Morgan fingerprint density at radius 2 is 1.96 bits per heavy atom. The van der Waals surface area contributed by atoms with Crippen LogP contribution >= 0.6 is 0 Å². The van der Waals surface area contributed by atoms with Crippen molar-refractivity contribution in [3.63, 3.8) is 0 Å². The molecule has 0 bridgehead atoms. The third-order valence-electron chi connectivity index (χ3n) is 3.90. The van der Waals surface area contributed by atoms with Crippen molar-refractivity contribution in [1.82, 2.24) is 9.88 Å². The second kappa shape index (κ2) is 7.72. The van der Waals surface area contributed by atoms with Crippen LogP contribution < -0.4 is 11.1 Å². The number of halogens is 1. The van der Waals surface area contributed by atoms with Crippen molar-refractivity contribution in [2.24, 2.45) is 5.73 Å². The van der Waals surface area contributed by atoms with Crippen LogP contribution in [0, 0.1) is 5.82 Å². The van der Waals surface area contributed by atoms with Crippen LogP contribution in [-0.2, 0) is 6.54 Å². The first kappa shape index (κ1) is 16.9. The Balaban J connectivity index is 1.79. The molecule has 5 nitrogen and oxygen atoms in total. The molecule has 1 heterocycles. The molecule has 3 N–H and O–H groups in total. The Kier molecular flexibility index (Phi) is 5.20. The molecule has 6 heteroatoms. The van der Waals surface area contributed by atoms with Gasteiger partial charge in [0.1, 0.15) is 5.82 Å². The molecule has 25 heavy (non-hydrogen) atoms. The highest BCUT2D eigenvalue weighted by Crippen LogP contribution is 2.22. The minimum Gasteiger partial charge on any atom is -0.329 e. The standard InChI is InChI=1S/C19H19FN4O/c20-16-6-4-14(5-7-16)13-24(11-9-21)19(25)23-18-3-1-2-15-12-22-10-8-17(15)18/h1-8,10,12H,9,11,13,21H2,(H,23,25). The number of nitrogens with one attached hydrogen (secondary N) is 1. The zero-order valence-corrected chi connectivity index (χ0v) is 13.7. The van der Waals surface area contributed by atoms with Crippen molar-refractivity contribution in [2.75, 3.05) is 18.4 Å². The molecule has 0 saturated carbocycles. The van der Waals surface area contributed by atoms with Gasteiger partial charge in [-0.2, -0.15) is 0 Å². The molecule has 0 aliphatic carbocycles. The molecule has 3 aromatic rings. The summed E-state index contributed by atoms with van der Waals surface area (Å²) in [6.45, 7) is 1.10. The number of amides is 2. The van der Waals surface area contributed by atoms with Crippen molar-refractivity contribution in [1.29, 1.82) is 0 Å². The molecule has 0 spiro atoms. The quantitative estimate of drug-likeness (QED) is 0.749. The maximum atomic E-state index is 13.0. The summed E-state index contributed by atoms with van der Waals surface area (Å²) in [5, 5.41) is 4.80. The summed E-state index contributed by atoms with van der Waals surface area (Å²) in [5.74, 6) is -0.303. The monoisotopic (exact) mass is 338 g/mol. The van der Waals surface area contributed by atoms with E-state index in [9.17, 15) is 9.18 Å². The number of carbonyl (C=O) groups is 1. The molecule has 2 amide bonds. The van der Waals surface area contributed by atoms with E-state index >= 15 is 0 Å². The number of benzene rings is 2. The average Bonchev–Trinajstić information content (AvgIpc) is 2.63. The van der Waals surface area contributed by atoms with Crippen molar-refractivity contribution in [3.05, 3.63) is 72.3 Å². The van der Waals surface area contributed by atoms with Crippen LogP contribution in [0.2, 0.25) is 0 Å². The molecule has 3 rings (SSSR count). The average molecular weight is 338 g/mol. The van der Waals surface area contributed by atoms with Gasteiger partial charge in [0, 0.05) is 42.8 Å². The summed E-state index contributed by atoms with van der Waals surface area (Å²) in [6, 6.07) is 13.3. The maximum Gasteiger partial charge on any atom is 0.322 e. The van der Waals surface area contributed by atoms with Gasteiger partial charge in [-0.3, -0.25) is 4.98 Å². The third kappa shape index (κ3) is 4.10. The molecule has 0 fully saturated rings. The number of fused-ring (bicyclic) bond motifs is 1. The maximum absolute atomic E-state index is 13.0. The number of urea groups is 1. The molecule has 2 aromatic carbocycles. The third-order valence-corrected chi connectivity index (χ3v) is 3.90. The lowest BCUT2D eigenvalue weighted by Gasteiger charge is -2.23. The summed E-state index contributed by atoms with van der Waals surface area (Å²) in [7, 11) is 0. The van der Waals surface area contributed by atoms with Crippen molar-refractivity contribution in [2.45, 2.75) is 6.54 Å². The highest BCUT2D eigenvalue weighted by atomic mass is 19.1. The minimum absolute atomic E-state index is 0.251. The SMILES string of the molecule is NCCN(Cc1ccc(F)cc1)C(=O)Nc1cccc2cnccc12. The number of nitrogens with two attached hydrogens (primary N) is 1. The van der Waals surface area contributed by atoms with Crippen molar-refractivity contribution in [3.8, 4) is 0 Å². The molecular weight excluding hydrogens is 319 g/mol. The number of anilines is 1. The molecule has 128 valence electrons. The number of nitrogens with zero attached hydrogens (tertiary/aromatic N) is 2. The summed E-state index contributed by atoms with van der Waals surface area (Å²) >= 11 is 0. The Hall–Kier alpha value is -2.99. The number of hydrogen-bond donors (Lipinski definition) is 2. The van der Waals surface area contributed by atoms with E-state index in [1.165, 1.54) is 12.1 Å². The lowest BCUT2D eigenvalue weighted by atomic mass is 10.1. The Morgan fingerprint density at radius 3 is 2.72 bits per heavy atom. The highest BCUT2D eigenvalue weighted by Gasteiger charge is 2.14. The number of aromatic nitrogens is 1. The number of hydrogen-bond acceptors (Lipinski definition) is 3. The van der Waals surface area contributed by atoms with Gasteiger partial charge in [0.25, 0.3) is 0 Å². The Labute approximate surface area is 145 Å². The van der Waals surface area contributed by atoms with Crippen LogP contribution in [-0.4, -0.2) is 29.0 Å². The molecular formula is C19H19FN4O. The normalized spacial score (nSPS) is 10.6. The van der Waals surface area contributed by atoms with E-state index in [1.807, 2.05) is 24.3 Å².